The molecule has 0 amide bonds. The third-order valence-electron chi connectivity index (χ3n) is 4.19. The first-order chi connectivity index (χ1) is 9.50. The van der Waals surface area contributed by atoms with Gasteiger partial charge in [-0.05, 0) is 48.2 Å². The summed E-state index contributed by atoms with van der Waals surface area (Å²) in [6.07, 6.45) is 4.01. The summed E-state index contributed by atoms with van der Waals surface area (Å²) in [5, 5.41) is 17.0. The zero-order chi connectivity index (χ0) is 14.7. The average Bonchev–Trinajstić information content (AvgIpc) is 2.65. The Kier molecular flexibility index (Phi) is 5.21. The fourth-order valence-electron chi connectivity index (χ4n) is 3.03. The van der Waals surface area contributed by atoms with Crippen LogP contribution in [0.1, 0.15) is 37.1 Å². The Balaban J connectivity index is 1.90. The van der Waals surface area contributed by atoms with Gasteiger partial charge in [-0.2, -0.15) is 5.10 Å². The average molecular weight is 344 g/mol. The molecule has 1 aliphatic carbocycles. The Morgan fingerprint density at radius 1 is 1.50 bits per heavy atom. The fourth-order valence-corrected chi connectivity index (χ4v) is 3.50. The zero-order valence-electron chi connectivity index (χ0n) is 12.0. The number of nitrogens with zero attached hydrogens (tertiary/aromatic N) is 2. The molecule has 1 fully saturated rings. The number of nitrogens with one attached hydrogen (secondary N) is 1. The fraction of sp³-hybridized carbons (Fsp3) is 0.714. The molecule has 1 saturated carbocycles. The van der Waals surface area contributed by atoms with Crippen LogP contribution < -0.4 is 5.32 Å². The van der Waals surface area contributed by atoms with E-state index < -0.39 is 5.97 Å². The van der Waals surface area contributed by atoms with Crippen LogP contribution in [0.4, 0.5) is 0 Å². The SMILES string of the molecule is Cc1nn(C)c(CNCC2CCCCC2C(=O)O)c1Br. The number of rotatable bonds is 5. The van der Waals surface area contributed by atoms with Crippen molar-refractivity contribution in [2.45, 2.75) is 39.2 Å². The van der Waals surface area contributed by atoms with Crippen LogP contribution in [0.3, 0.4) is 0 Å². The van der Waals surface area contributed by atoms with Gasteiger partial charge in [-0.1, -0.05) is 12.8 Å². The minimum absolute atomic E-state index is 0.187. The summed E-state index contributed by atoms with van der Waals surface area (Å²) in [7, 11) is 1.93. The lowest BCUT2D eigenvalue weighted by atomic mass is 9.79. The van der Waals surface area contributed by atoms with Crippen LogP contribution in [0.2, 0.25) is 0 Å². The molecule has 0 radical (unpaired) electrons. The van der Waals surface area contributed by atoms with E-state index in [1.165, 1.54) is 0 Å². The minimum atomic E-state index is -0.644. The molecular weight excluding hydrogens is 322 g/mol. The van der Waals surface area contributed by atoms with E-state index in [0.29, 0.717) is 6.54 Å². The van der Waals surface area contributed by atoms with Crippen molar-refractivity contribution in [2.75, 3.05) is 6.54 Å². The molecule has 0 bridgehead atoms. The van der Waals surface area contributed by atoms with E-state index in [4.69, 9.17) is 0 Å². The number of carbonyl (C=O) groups is 1. The summed E-state index contributed by atoms with van der Waals surface area (Å²) in [5.74, 6) is -0.587. The lowest BCUT2D eigenvalue weighted by Gasteiger charge is -2.28. The van der Waals surface area contributed by atoms with Crippen LogP contribution in [-0.2, 0) is 18.4 Å². The summed E-state index contributed by atoms with van der Waals surface area (Å²) in [6, 6.07) is 0. The van der Waals surface area contributed by atoms with Crippen LogP contribution in [0, 0.1) is 18.8 Å². The summed E-state index contributed by atoms with van der Waals surface area (Å²) >= 11 is 3.54. The molecular formula is C14H22BrN3O2. The second-order valence-electron chi connectivity index (χ2n) is 5.59. The molecule has 2 rings (SSSR count). The van der Waals surface area contributed by atoms with Crippen LogP contribution in [0.5, 0.6) is 0 Å². The Morgan fingerprint density at radius 2 is 2.20 bits per heavy atom. The van der Waals surface area contributed by atoms with E-state index in [1.54, 1.807) is 0 Å². The summed E-state index contributed by atoms with van der Waals surface area (Å²) < 4.78 is 2.90. The van der Waals surface area contributed by atoms with E-state index in [1.807, 2.05) is 18.7 Å². The van der Waals surface area contributed by atoms with E-state index >= 15 is 0 Å². The van der Waals surface area contributed by atoms with Gasteiger partial charge < -0.3 is 10.4 Å². The van der Waals surface area contributed by atoms with Gasteiger partial charge in [-0.15, -0.1) is 0 Å². The largest absolute Gasteiger partial charge is 0.481 e. The highest BCUT2D eigenvalue weighted by atomic mass is 79.9. The monoisotopic (exact) mass is 343 g/mol. The first-order valence-electron chi connectivity index (χ1n) is 7.12. The number of aryl methyl sites for hydroxylation is 2. The van der Waals surface area contributed by atoms with Gasteiger partial charge in [0.15, 0.2) is 0 Å². The second kappa shape index (κ2) is 6.72. The van der Waals surface area contributed by atoms with Gasteiger partial charge in [0.05, 0.1) is 21.8 Å². The predicted molar refractivity (Wildman–Crippen MR) is 80.4 cm³/mol. The lowest BCUT2D eigenvalue weighted by molar-refractivity contribution is -0.144. The van der Waals surface area contributed by atoms with Gasteiger partial charge in [-0.25, -0.2) is 0 Å². The third kappa shape index (κ3) is 3.41. The number of aromatic nitrogens is 2. The topological polar surface area (TPSA) is 67.2 Å². The Labute approximate surface area is 127 Å². The number of halogens is 1. The van der Waals surface area contributed by atoms with Crippen molar-refractivity contribution in [1.82, 2.24) is 15.1 Å². The molecule has 2 N–H and O–H groups in total. The van der Waals surface area contributed by atoms with Gasteiger partial charge in [0.2, 0.25) is 0 Å². The lowest BCUT2D eigenvalue weighted by Crippen LogP contribution is -2.34. The first-order valence-corrected chi connectivity index (χ1v) is 7.91. The maximum absolute atomic E-state index is 11.3. The smallest absolute Gasteiger partial charge is 0.306 e. The molecule has 6 heteroatoms. The molecule has 0 aromatic carbocycles. The maximum atomic E-state index is 11.3. The third-order valence-corrected chi connectivity index (χ3v) is 5.22. The second-order valence-corrected chi connectivity index (χ2v) is 6.38. The van der Waals surface area contributed by atoms with Crippen LogP contribution in [0.25, 0.3) is 0 Å². The van der Waals surface area contributed by atoms with Gasteiger partial charge in [0, 0.05) is 13.6 Å². The summed E-state index contributed by atoms with van der Waals surface area (Å²) in [5.41, 5.74) is 2.08. The highest BCUT2D eigenvalue weighted by Gasteiger charge is 2.30. The Morgan fingerprint density at radius 3 is 2.80 bits per heavy atom. The highest BCUT2D eigenvalue weighted by molar-refractivity contribution is 9.10. The van der Waals surface area contributed by atoms with Crippen molar-refractivity contribution in [2.24, 2.45) is 18.9 Å². The van der Waals surface area contributed by atoms with Crippen LogP contribution in [0.15, 0.2) is 4.47 Å². The molecule has 5 nitrogen and oxygen atoms in total. The Hall–Kier alpha value is -0.880. The highest BCUT2D eigenvalue weighted by Crippen LogP contribution is 2.30. The number of aliphatic carboxylic acids is 1. The van der Waals surface area contributed by atoms with Crippen molar-refractivity contribution in [3.05, 3.63) is 15.9 Å². The molecule has 20 heavy (non-hydrogen) atoms. The standard InChI is InChI=1S/C14H22BrN3O2/c1-9-13(15)12(18(2)17-9)8-16-7-10-5-3-4-6-11(10)14(19)20/h10-11,16H,3-8H2,1-2H3,(H,19,20). The molecule has 112 valence electrons. The minimum Gasteiger partial charge on any atom is -0.481 e. The molecule has 1 aliphatic rings. The normalized spacial score (nSPS) is 22.9. The maximum Gasteiger partial charge on any atom is 0.306 e. The molecule has 1 aromatic rings. The predicted octanol–water partition coefficient (Wildman–Crippen LogP) is 2.47. The van der Waals surface area contributed by atoms with Crippen molar-refractivity contribution in [1.29, 1.82) is 0 Å². The van der Waals surface area contributed by atoms with Gasteiger partial charge in [-0.3, -0.25) is 9.48 Å². The van der Waals surface area contributed by atoms with Crippen molar-refractivity contribution in [3.8, 4) is 0 Å². The van der Waals surface area contributed by atoms with Crippen molar-refractivity contribution in [3.63, 3.8) is 0 Å². The zero-order valence-corrected chi connectivity index (χ0v) is 13.6. The quantitative estimate of drug-likeness (QED) is 0.861. The van der Waals surface area contributed by atoms with Gasteiger partial charge in [0.1, 0.15) is 0 Å². The summed E-state index contributed by atoms with van der Waals surface area (Å²) in [4.78, 5) is 11.3. The molecule has 2 unspecified atom stereocenters. The molecule has 0 aliphatic heterocycles. The van der Waals surface area contributed by atoms with Crippen LogP contribution >= 0.6 is 15.9 Å². The van der Waals surface area contributed by atoms with E-state index in [-0.39, 0.29) is 11.8 Å². The van der Waals surface area contributed by atoms with Crippen LogP contribution in [-0.4, -0.2) is 27.4 Å². The van der Waals surface area contributed by atoms with E-state index in [0.717, 1.165) is 48.1 Å². The van der Waals surface area contributed by atoms with Gasteiger partial charge >= 0.3 is 5.97 Å². The number of hydrogen-bond acceptors (Lipinski definition) is 3. The number of hydrogen-bond donors (Lipinski definition) is 2. The van der Waals surface area contributed by atoms with Crippen molar-refractivity contribution >= 4 is 21.9 Å². The molecule has 0 spiro atoms. The van der Waals surface area contributed by atoms with E-state index in [9.17, 15) is 9.90 Å². The summed E-state index contributed by atoms with van der Waals surface area (Å²) in [6.45, 7) is 3.43. The van der Waals surface area contributed by atoms with E-state index in [2.05, 4.69) is 26.3 Å². The molecule has 2 atom stereocenters. The van der Waals surface area contributed by atoms with Crippen molar-refractivity contribution < 1.29 is 9.90 Å². The first kappa shape index (κ1) is 15.5. The molecule has 1 heterocycles. The van der Waals surface area contributed by atoms with Gasteiger partial charge in [0.25, 0.3) is 0 Å². The number of carboxylic acid groups (broad SMARTS) is 1. The Bertz CT molecular complexity index is 487. The molecule has 0 saturated heterocycles. The number of carboxylic acids is 1. The molecule has 1 aromatic heterocycles.